The molecule has 0 bridgehead atoms. The SMILES string of the molecule is COc1ccc(CCC(=O)O)cc1OCCOc1ccc(C)cc1C. The van der Waals surface area contributed by atoms with E-state index in [0.29, 0.717) is 31.1 Å². The molecule has 0 saturated heterocycles. The molecule has 0 unspecified atom stereocenters. The van der Waals surface area contributed by atoms with E-state index in [9.17, 15) is 4.79 Å². The summed E-state index contributed by atoms with van der Waals surface area (Å²) in [4.78, 5) is 10.7. The molecule has 0 radical (unpaired) electrons. The number of hydrogen-bond acceptors (Lipinski definition) is 4. The van der Waals surface area contributed by atoms with Crippen LogP contribution in [-0.2, 0) is 11.2 Å². The molecule has 0 aliphatic heterocycles. The summed E-state index contributed by atoms with van der Waals surface area (Å²) in [5.41, 5.74) is 3.19. The predicted octanol–water partition coefficient (Wildman–Crippen LogP) is 3.79. The number of benzene rings is 2. The maximum atomic E-state index is 10.7. The lowest BCUT2D eigenvalue weighted by atomic mass is 10.1. The molecular formula is C20H24O5. The second kappa shape index (κ2) is 8.97. The van der Waals surface area contributed by atoms with Crippen molar-refractivity contribution in [2.75, 3.05) is 20.3 Å². The van der Waals surface area contributed by atoms with Gasteiger partial charge in [0.1, 0.15) is 19.0 Å². The number of carboxylic acids is 1. The van der Waals surface area contributed by atoms with Crippen LogP contribution < -0.4 is 14.2 Å². The first kappa shape index (κ1) is 18.6. The third kappa shape index (κ3) is 5.71. The van der Waals surface area contributed by atoms with Gasteiger partial charge in [0.2, 0.25) is 0 Å². The maximum Gasteiger partial charge on any atom is 0.303 e. The van der Waals surface area contributed by atoms with Crippen molar-refractivity contribution in [2.45, 2.75) is 26.7 Å². The van der Waals surface area contributed by atoms with E-state index < -0.39 is 5.97 Å². The van der Waals surface area contributed by atoms with Gasteiger partial charge in [0.15, 0.2) is 11.5 Å². The molecule has 0 amide bonds. The number of carboxylic acid groups (broad SMARTS) is 1. The molecule has 134 valence electrons. The Morgan fingerprint density at radius 2 is 1.64 bits per heavy atom. The Balaban J connectivity index is 1.92. The molecule has 0 fully saturated rings. The zero-order valence-electron chi connectivity index (χ0n) is 14.9. The van der Waals surface area contributed by atoms with E-state index in [1.165, 1.54) is 5.56 Å². The normalized spacial score (nSPS) is 10.4. The van der Waals surface area contributed by atoms with Gasteiger partial charge in [0.05, 0.1) is 7.11 Å². The number of aryl methyl sites for hydroxylation is 3. The van der Waals surface area contributed by atoms with Crippen molar-refractivity contribution in [3.05, 3.63) is 53.1 Å². The molecule has 0 spiro atoms. The Labute approximate surface area is 148 Å². The average molecular weight is 344 g/mol. The van der Waals surface area contributed by atoms with Crippen LogP contribution in [0.3, 0.4) is 0 Å². The minimum absolute atomic E-state index is 0.0849. The van der Waals surface area contributed by atoms with Crippen LogP contribution >= 0.6 is 0 Å². The molecular weight excluding hydrogens is 320 g/mol. The van der Waals surface area contributed by atoms with Gasteiger partial charge in [-0.25, -0.2) is 0 Å². The van der Waals surface area contributed by atoms with E-state index >= 15 is 0 Å². The average Bonchev–Trinajstić information content (AvgIpc) is 2.58. The topological polar surface area (TPSA) is 65.0 Å². The standard InChI is InChI=1S/C20H24O5/c1-14-4-7-17(15(2)12-14)24-10-11-25-19-13-16(6-9-20(21)22)5-8-18(19)23-3/h4-5,7-8,12-13H,6,9-11H2,1-3H3,(H,21,22). The van der Waals surface area contributed by atoms with Crippen LogP contribution in [0, 0.1) is 13.8 Å². The number of aliphatic carboxylic acids is 1. The zero-order valence-corrected chi connectivity index (χ0v) is 14.9. The Kier molecular flexibility index (Phi) is 6.69. The van der Waals surface area contributed by atoms with Crippen molar-refractivity contribution in [1.82, 2.24) is 0 Å². The summed E-state index contributed by atoms with van der Waals surface area (Å²) in [6, 6.07) is 11.5. The van der Waals surface area contributed by atoms with Crippen molar-refractivity contribution in [1.29, 1.82) is 0 Å². The highest BCUT2D eigenvalue weighted by Crippen LogP contribution is 2.28. The molecule has 0 heterocycles. The largest absolute Gasteiger partial charge is 0.493 e. The first-order valence-electron chi connectivity index (χ1n) is 8.21. The van der Waals surface area contributed by atoms with Crippen molar-refractivity contribution in [2.24, 2.45) is 0 Å². The second-order valence-corrected chi connectivity index (χ2v) is 5.84. The van der Waals surface area contributed by atoms with Gasteiger partial charge in [-0.3, -0.25) is 4.79 Å². The summed E-state index contributed by atoms with van der Waals surface area (Å²) in [5, 5.41) is 8.79. The van der Waals surface area contributed by atoms with E-state index in [1.807, 2.05) is 38.1 Å². The summed E-state index contributed by atoms with van der Waals surface area (Å²) >= 11 is 0. The number of hydrogen-bond donors (Lipinski definition) is 1. The first-order chi connectivity index (χ1) is 12.0. The van der Waals surface area contributed by atoms with Gasteiger partial charge in [0, 0.05) is 6.42 Å². The zero-order chi connectivity index (χ0) is 18.2. The summed E-state index contributed by atoms with van der Waals surface area (Å²) in [6.07, 6.45) is 0.538. The van der Waals surface area contributed by atoms with E-state index in [0.717, 1.165) is 16.9 Å². The fourth-order valence-corrected chi connectivity index (χ4v) is 2.51. The first-order valence-corrected chi connectivity index (χ1v) is 8.21. The summed E-state index contributed by atoms with van der Waals surface area (Å²) < 4.78 is 16.8. The Bertz CT molecular complexity index is 724. The minimum atomic E-state index is -0.819. The van der Waals surface area contributed by atoms with E-state index in [4.69, 9.17) is 19.3 Å². The molecule has 0 aromatic heterocycles. The molecule has 25 heavy (non-hydrogen) atoms. The third-order valence-corrected chi connectivity index (χ3v) is 3.78. The van der Waals surface area contributed by atoms with E-state index in [-0.39, 0.29) is 6.42 Å². The lowest BCUT2D eigenvalue weighted by Crippen LogP contribution is -2.10. The molecule has 0 aliphatic carbocycles. The van der Waals surface area contributed by atoms with Gasteiger partial charge in [-0.2, -0.15) is 0 Å². The maximum absolute atomic E-state index is 10.7. The molecule has 5 heteroatoms. The Morgan fingerprint density at radius 1 is 0.960 bits per heavy atom. The van der Waals surface area contributed by atoms with Crippen LogP contribution in [0.25, 0.3) is 0 Å². The van der Waals surface area contributed by atoms with Gasteiger partial charge in [-0.15, -0.1) is 0 Å². The summed E-state index contributed by atoms with van der Waals surface area (Å²) in [6.45, 7) is 4.83. The number of ether oxygens (including phenoxy) is 3. The van der Waals surface area contributed by atoms with Gasteiger partial charge < -0.3 is 19.3 Å². The molecule has 2 rings (SSSR count). The third-order valence-electron chi connectivity index (χ3n) is 3.78. The number of rotatable bonds is 9. The van der Waals surface area contributed by atoms with Gasteiger partial charge >= 0.3 is 5.97 Å². The van der Waals surface area contributed by atoms with Gasteiger partial charge in [-0.1, -0.05) is 23.8 Å². The molecule has 0 saturated carbocycles. The predicted molar refractivity (Wildman–Crippen MR) is 95.9 cm³/mol. The Hall–Kier alpha value is -2.69. The Morgan fingerprint density at radius 3 is 2.28 bits per heavy atom. The van der Waals surface area contributed by atoms with Gasteiger partial charge in [0.25, 0.3) is 0 Å². The second-order valence-electron chi connectivity index (χ2n) is 5.84. The smallest absolute Gasteiger partial charge is 0.303 e. The van der Waals surface area contributed by atoms with Gasteiger partial charge in [-0.05, 0) is 49.6 Å². The fourth-order valence-electron chi connectivity index (χ4n) is 2.51. The highest BCUT2D eigenvalue weighted by atomic mass is 16.5. The highest BCUT2D eigenvalue weighted by Gasteiger charge is 2.08. The van der Waals surface area contributed by atoms with Crippen LogP contribution in [0.15, 0.2) is 36.4 Å². The minimum Gasteiger partial charge on any atom is -0.493 e. The van der Waals surface area contributed by atoms with Crippen LogP contribution in [0.2, 0.25) is 0 Å². The van der Waals surface area contributed by atoms with E-state index in [2.05, 4.69) is 6.07 Å². The molecule has 2 aromatic carbocycles. The quantitative estimate of drug-likeness (QED) is 0.701. The van der Waals surface area contributed by atoms with Crippen molar-refractivity contribution < 1.29 is 24.1 Å². The van der Waals surface area contributed by atoms with Crippen LogP contribution in [0.4, 0.5) is 0 Å². The molecule has 2 aromatic rings. The molecule has 0 aliphatic rings. The fraction of sp³-hybridized carbons (Fsp3) is 0.350. The van der Waals surface area contributed by atoms with Crippen LogP contribution in [-0.4, -0.2) is 31.4 Å². The number of methoxy groups -OCH3 is 1. The van der Waals surface area contributed by atoms with Crippen molar-refractivity contribution in [3.63, 3.8) is 0 Å². The molecule has 5 nitrogen and oxygen atoms in total. The molecule has 1 N–H and O–H groups in total. The van der Waals surface area contributed by atoms with E-state index in [1.54, 1.807) is 13.2 Å². The summed E-state index contributed by atoms with van der Waals surface area (Å²) in [5.74, 6) is 1.23. The molecule has 0 atom stereocenters. The van der Waals surface area contributed by atoms with Crippen LogP contribution in [0.5, 0.6) is 17.2 Å². The summed E-state index contributed by atoms with van der Waals surface area (Å²) in [7, 11) is 1.57. The number of carbonyl (C=O) groups is 1. The monoisotopic (exact) mass is 344 g/mol. The van der Waals surface area contributed by atoms with Crippen molar-refractivity contribution >= 4 is 5.97 Å². The van der Waals surface area contributed by atoms with Crippen molar-refractivity contribution in [3.8, 4) is 17.2 Å². The van der Waals surface area contributed by atoms with Crippen LogP contribution in [0.1, 0.15) is 23.1 Å². The lowest BCUT2D eigenvalue weighted by molar-refractivity contribution is -0.136. The lowest BCUT2D eigenvalue weighted by Gasteiger charge is -2.13. The highest BCUT2D eigenvalue weighted by molar-refractivity contribution is 5.67.